The first kappa shape index (κ1) is 19.8. The molecule has 0 aliphatic heterocycles. The van der Waals surface area contributed by atoms with Crippen LogP contribution in [0.4, 0.5) is 5.69 Å². The highest BCUT2D eigenvalue weighted by atomic mass is 16.4. The number of nitrogens with zero attached hydrogens (tertiary/aromatic N) is 2. The van der Waals surface area contributed by atoms with E-state index in [0.29, 0.717) is 18.5 Å². The lowest BCUT2D eigenvalue weighted by atomic mass is 9.64. The Balaban J connectivity index is 1.59. The van der Waals surface area contributed by atoms with Crippen molar-refractivity contribution in [3.8, 4) is 0 Å². The van der Waals surface area contributed by atoms with Crippen molar-refractivity contribution in [1.29, 1.82) is 0 Å². The van der Waals surface area contributed by atoms with Crippen molar-refractivity contribution < 1.29 is 14.8 Å². The van der Waals surface area contributed by atoms with Crippen LogP contribution in [0.15, 0.2) is 47.6 Å². The molecule has 0 radical (unpaired) electrons. The maximum Gasteiger partial charge on any atom is 0.239 e. The molecule has 31 heavy (non-hydrogen) atoms. The summed E-state index contributed by atoms with van der Waals surface area (Å²) in [4.78, 5) is 26.9. The molecule has 2 aliphatic rings. The van der Waals surface area contributed by atoms with E-state index in [4.69, 9.17) is 0 Å². The molecule has 0 saturated heterocycles. The van der Waals surface area contributed by atoms with E-state index in [0.717, 1.165) is 28.4 Å². The highest BCUT2D eigenvalue weighted by molar-refractivity contribution is 6.51. The molecule has 1 aromatic heterocycles. The Bertz CT molecular complexity index is 1300. The van der Waals surface area contributed by atoms with E-state index in [1.807, 2.05) is 51.1 Å². The SMILES string of the molecule is CCn1c2ccccc2c2cc(NC(=O)C34CCC(C)(C(=NO)C3=O)C4(C)C)ccc21. The Morgan fingerprint density at radius 3 is 2.48 bits per heavy atom. The van der Waals surface area contributed by atoms with Gasteiger partial charge in [-0.1, -0.05) is 44.1 Å². The Hall–Kier alpha value is -3.15. The summed E-state index contributed by atoms with van der Waals surface area (Å²) in [5.41, 5.74) is 0.567. The zero-order valence-corrected chi connectivity index (χ0v) is 18.3. The van der Waals surface area contributed by atoms with Gasteiger partial charge in [0.15, 0.2) is 5.78 Å². The fourth-order valence-electron chi connectivity index (χ4n) is 6.16. The molecule has 6 heteroatoms. The molecule has 2 aliphatic carbocycles. The Labute approximate surface area is 180 Å². The molecule has 2 atom stereocenters. The van der Waals surface area contributed by atoms with Crippen molar-refractivity contribution >= 4 is 44.9 Å². The average Bonchev–Trinajstić information content (AvgIpc) is 3.22. The summed E-state index contributed by atoms with van der Waals surface area (Å²) < 4.78 is 2.25. The van der Waals surface area contributed by atoms with Gasteiger partial charge in [-0.2, -0.15) is 0 Å². The van der Waals surface area contributed by atoms with Crippen molar-refractivity contribution in [1.82, 2.24) is 4.57 Å². The van der Waals surface area contributed by atoms with Gasteiger partial charge in [0.25, 0.3) is 0 Å². The number of nitrogens with one attached hydrogen (secondary N) is 1. The van der Waals surface area contributed by atoms with Crippen LogP contribution in [-0.2, 0) is 16.1 Å². The first-order valence-electron chi connectivity index (χ1n) is 10.8. The summed E-state index contributed by atoms with van der Waals surface area (Å²) in [7, 11) is 0. The standard InChI is InChI=1S/C25H27N3O3/c1-5-28-18-9-7-6-8-16(18)17-14-15(10-11-19(17)28)26-22(30)25-13-12-24(4,23(25,2)3)20(27-31)21(25)29/h6-11,14,31H,5,12-13H2,1-4H3,(H,26,30). The van der Waals surface area contributed by atoms with Crippen molar-refractivity contribution in [3.63, 3.8) is 0 Å². The lowest BCUT2D eigenvalue weighted by Crippen LogP contribution is -2.47. The molecular formula is C25H27N3O3. The molecule has 2 saturated carbocycles. The van der Waals surface area contributed by atoms with Gasteiger partial charge in [0, 0.05) is 39.5 Å². The number of carbonyl (C=O) groups excluding carboxylic acids is 2. The maximum absolute atomic E-state index is 13.6. The van der Waals surface area contributed by atoms with Crippen molar-refractivity contribution in [3.05, 3.63) is 42.5 Å². The van der Waals surface area contributed by atoms with Crippen LogP contribution >= 0.6 is 0 Å². The zero-order valence-electron chi connectivity index (χ0n) is 18.3. The number of aryl methyl sites for hydroxylation is 1. The van der Waals surface area contributed by atoms with Crippen LogP contribution in [0.2, 0.25) is 0 Å². The van der Waals surface area contributed by atoms with Gasteiger partial charge < -0.3 is 15.1 Å². The van der Waals surface area contributed by atoms with Gasteiger partial charge in [-0.15, -0.1) is 0 Å². The summed E-state index contributed by atoms with van der Waals surface area (Å²) in [5, 5.41) is 18.1. The number of benzene rings is 2. The smallest absolute Gasteiger partial charge is 0.239 e. The van der Waals surface area contributed by atoms with Crippen LogP contribution in [-0.4, -0.2) is 27.2 Å². The van der Waals surface area contributed by atoms with Gasteiger partial charge in [-0.25, -0.2) is 0 Å². The predicted octanol–water partition coefficient (Wildman–Crippen LogP) is 4.98. The topological polar surface area (TPSA) is 83.7 Å². The van der Waals surface area contributed by atoms with E-state index in [1.165, 1.54) is 0 Å². The number of anilines is 1. The second kappa shape index (κ2) is 6.19. The lowest BCUT2D eigenvalue weighted by molar-refractivity contribution is -0.140. The number of fused-ring (bicyclic) bond motifs is 5. The minimum absolute atomic E-state index is 0.125. The molecular weight excluding hydrogens is 390 g/mol. The Morgan fingerprint density at radius 2 is 1.81 bits per heavy atom. The number of aromatic nitrogens is 1. The molecule has 160 valence electrons. The maximum atomic E-state index is 13.6. The fraction of sp³-hybridized carbons (Fsp3) is 0.400. The highest BCUT2D eigenvalue weighted by Crippen LogP contribution is 2.69. The largest absolute Gasteiger partial charge is 0.411 e. The number of oxime groups is 1. The monoisotopic (exact) mass is 417 g/mol. The van der Waals surface area contributed by atoms with Gasteiger partial charge in [0.1, 0.15) is 11.1 Å². The van der Waals surface area contributed by atoms with E-state index >= 15 is 0 Å². The number of Topliss-reactive ketones (excluding diaryl/α,β-unsaturated/α-hetero) is 1. The van der Waals surface area contributed by atoms with Gasteiger partial charge in [0.05, 0.1) is 0 Å². The summed E-state index contributed by atoms with van der Waals surface area (Å²) in [5.74, 6) is -0.668. The molecule has 6 nitrogen and oxygen atoms in total. The number of hydrogen-bond acceptors (Lipinski definition) is 4. The van der Waals surface area contributed by atoms with Crippen molar-refractivity contribution in [2.45, 2.75) is 47.1 Å². The van der Waals surface area contributed by atoms with Gasteiger partial charge >= 0.3 is 0 Å². The van der Waals surface area contributed by atoms with Gasteiger partial charge in [-0.3, -0.25) is 9.59 Å². The van der Waals surface area contributed by atoms with Crippen LogP contribution in [0, 0.1) is 16.2 Å². The molecule has 2 unspecified atom stereocenters. The number of para-hydroxylation sites is 1. The minimum Gasteiger partial charge on any atom is -0.411 e. The third-order valence-corrected chi connectivity index (χ3v) is 8.41. The molecule has 1 heterocycles. The van der Waals surface area contributed by atoms with E-state index < -0.39 is 16.2 Å². The molecule has 2 N–H and O–H groups in total. The van der Waals surface area contributed by atoms with E-state index in [2.05, 4.69) is 34.1 Å². The van der Waals surface area contributed by atoms with Gasteiger partial charge in [0.2, 0.25) is 5.91 Å². The van der Waals surface area contributed by atoms with Gasteiger partial charge in [-0.05, 0) is 49.4 Å². The van der Waals surface area contributed by atoms with Crippen molar-refractivity contribution in [2.24, 2.45) is 21.4 Å². The number of carbonyl (C=O) groups is 2. The molecule has 3 aromatic rings. The normalized spacial score (nSPS) is 28.1. The summed E-state index contributed by atoms with van der Waals surface area (Å²) in [6.45, 7) is 8.77. The first-order valence-corrected chi connectivity index (χ1v) is 10.8. The minimum atomic E-state index is -1.23. The Kier molecular flexibility index (Phi) is 3.95. The molecule has 0 spiro atoms. The van der Waals surface area contributed by atoms with E-state index in [9.17, 15) is 14.8 Å². The summed E-state index contributed by atoms with van der Waals surface area (Å²) in [6, 6.07) is 14.1. The number of ketones is 1. The highest BCUT2D eigenvalue weighted by Gasteiger charge is 2.76. The van der Waals surface area contributed by atoms with E-state index in [1.54, 1.807) is 0 Å². The molecule has 2 bridgehead atoms. The molecule has 2 fully saturated rings. The van der Waals surface area contributed by atoms with Crippen LogP contribution < -0.4 is 5.32 Å². The average molecular weight is 418 g/mol. The number of hydrogen-bond donors (Lipinski definition) is 2. The third kappa shape index (κ3) is 2.15. The van der Waals surface area contributed by atoms with Crippen molar-refractivity contribution in [2.75, 3.05) is 5.32 Å². The Morgan fingerprint density at radius 1 is 1.10 bits per heavy atom. The second-order valence-corrected chi connectivity index (χ2v) is 9.59. The molecule has 2 aromatic carbocycles. The summed E-state index contributed by atoms with van der Waals surface area (Å²) in [6.07, 6.45) is 1.10. The quantitative estimate of drug-likeness (QED) is 0.358. The van der Waals surface area contributed by atoms with Crippen LogP contribution in [0.5, 0.6) is 0 Å². The zero-order chi connectivity index (χ0) is 22.2. The fourth-order valence-corrected chi connectivity index (χ4v) is 6.16. The van der Waals surface area contributed by atoms with Crippen LogP contribution in [0.1, 0.15) is 40.5 Å². The van der Waals surface area contributed by atoms with Crippen LogP contribution in [0.25, 0.3) is 21.8 Å². The third-order valence-electron chi connectivity index (χ3n) is 8.41. The molecule has 5 rings (SSSR count). The number of rotatable bonds is 3. The lowest BCUT2D eigenvalue weighted by Gasteiger charge is -2.37. The summed E-state index contributed by atoms with van der Waals surface area (Å²) >= 11 is 0. The van der Waals surface area contributed by atoms with E-state index in [-0.39, 0.29) is 17.4 Å². The predicted molar refractivity (Wildman–Crippen MR) is 122 cm³/mol. The molecule has 1 amide bonds. The first-order chi connectivity index (χ1) is 14.7. The second-order valence-electron chi connectivity index (χ2n) is 9.59. The van der Waals surface area contributed by atoms with Crippen LogP contribution in [0.3, 0.4) is 0 Å². The number of amides is 1.